The van der Waals surface area contributed by atoms with Gasteiger partial charge in [-0.2, -0.15) is 0 Å². The van der Waals surface area contributed by atoms with Gasteiger partial charge in [0.25, 0.3) is 0 Å². The average Bonchev–Trinajstić information content (AvgIpc) is 2.74. The fraction of sp³-hybridized carbons (Fsp3) is 0.375. The van der Waals surface area contributed by atoms with Gasteiger partial charge in [-0.1, -0.05) is 25.1 Å². The van der Waals surface area contributed by atoms with Crippen LogP contribution in [0.5, 0.6) is 5.75 Å². The van der Waals surface area contributed by atoms with E-state index < -0.39 is 30.2 Å². The lowest BCUT2D eigenvalue weighted by atomic mass is 9.75. The first-order valence-corrected chi connectivity index (χ1v) is 10.0. The molecule has 2 unspecified atom stereocenters. The fourth-order valence-corrected chi connectivity index (χ4v) is 4.53. The fourth-order valence-electron chi connectivity index (χ4n) is 4.53. The third-order valence-electron chi connectivity index (χ3n) is 6.25. The summed E-state index contributed by atoms with van der Waals surface area (Å²) in [6, 6.07) is 5.41. The van der Waals surface area contributed by atoms with Gasteiger partial charge in [0.05, 0.1) is 11.7 Å². The summed E-state index contributed by atoms with van der Waals surface area (Å²) in [6.07, 6.45) is 0.244. The zero-order valence-corrected chi connectivity index (χ0v) is 17.4. The Morgan fingerprint density at radius 2 is 1.90 bits per heavy atom. The molecule has 0 fully saturated rings. The molecule has 30 heavy (non-hydrogen) atoms. The highest BCUT2D eigenvalue weighted by molar-refractivity contribution is 6.15. The van der Waals surface area contributed by atoms with Gasteiger partial charge in [-0.3, -0.25) is 14.4 Å². The third-order valence-corrected chi connectivity index (χ3v) is 6.25. The summed E-state index contributed by atoms with van der Waals surface area (Å²) in [5.41, 5.74) is 3.34. The van der Waals surface area contributed by atoms with Gasteiger partial charge in [-0.25, -0.2) is 0 Å². The van der Waals surface area contributed by atoms with E-state index in [1.807, 2.05) is 19.9 Å². The summed E-state index contributed by atoms with van der Waals surface area (Å²) in [7, 11) is 0. The molecule has 6 heteroatoms. The Labute approximate surface area is 175 Å². The van der Waals surface area contributed by atoms with Crippen molar-refractivity contribution >= 4 is 17.9 Å². The van der Waals surface area contributed by atoms with Crippen LogP contribution < -0.4 is 0 Å². The van der Waals surface area contributed by atoms with Crippen molar-refractivity contribution in [3.63, 3.8) is 0 Å². The number of fused-ring (bicyclic) bond motifs is 1. The summed E-state index contributed by atoms with van der Waals surface area (Å²) in [6.45, 7) is 4.86. The Hall–Kier alpha value is -2.83. The van der Waals surface area contributed by atoms with E-state index in [0.29, 0.717) is 23.0 Å². The quantitative estimate of drug-likeness (QED) is 0.499. The van der Waals surface area contributed by atoms with Crippen molar-refractivity contribution in [2.45, 2.75) is 46.1 Å². The van der Waals surface area contributed by atoms with Gasteiger partial charge in [-0.05, 0) is 55.4 Å². The topological polar surface area (TPSA) is 112 Å². The van der Waals surface area contributed by atoms with Gasteiger partial charge in [0.2, 0.25) is 0 Å². The number of rotatable bonds is 6. The molecule has 2 aromatic rings. The number of phenolic OH excluding ortho intramolecular Hbond substituents is 1. The van der Waals surface area contributed by atoms with E-state index in [0.717, 1.165) is 17.5 Å². The number of aromatic hydroxyl groups is 1. The molecule has 6 nitrogen and oxygen atoms in total. The van der Waals surface area contributed by atoms with Crippen molar-refractivity contribution in [3.8, 4) is 5.75 Å². The molecule has 0 spiro atoms. The van der Waals surface area contributed by atoms with Crippen LogP contribution in [0, 0.1) is 19.8 Å². The van der Waals surface area contributed by atoms with E-state index in [1.54, 1.807) is 19.1 Å². The number of ketones is 2. The summed E-state index contributed by atoms with van der Waals surface area (Å²) in [5.74, 6) is -1.82. The van der Waals surface area contributed by atoms with Crippen LogP contribution in [0.25, 0.3) is 0 Å². The highest BCUT2D eigenvalue weighted by Gasteiger charge is 2.36. The maximum atomic E-state index is 13.5. The van der Waals surface area contributed by atoms with E-state index in [1.165, 1.54) is 0 Å². The zero-order chi connectivity index (χ0) is 22.2. The van der Waals surface area contributed by atoms with Crippen LogP contribution in [-0.4, -0.2) is 39.8 Å². The molecule has 0 aliphatic heterocycles. The minimum absolute atomic E-state index is 0.0443. The van der Waals surface area contributed by atoms with E-state index in [9.17, 15) is 29.7 Å². The van der Waals surface area contributed by atoms with Crippen LogP contribution >= 0.6 is 0 Å². The minimum Gasteiger partial charge on any atom is -0.507 e. The van der Waals surface area contributed by atoms with Gasteiger partial charge < -0.3 is 15.3 Å². The second-order valence-electron chi connectivity index (χ2n) is 7.82. The van der Waals surface area contributed by atoms with E-state index in [-0.39, 0.29) is 35.3 Å². The Kier molecular flexibility index (Phi) is 6.19. The van der Waals surface area contributed by atoms with Crippen LogP contribution in [0.3, 0.4) is 0 Å². The molecule has 0 heterocycles. The number of carbonyl (C=O) groups excluding carboxylic acids is 3. The molecule has 2 atom stereocenters. The summed E-state index contributed by atoms with van der Waals surface area (Å²) in [4.78, 5) is 37.4. The monoisotopic (exact) mass is 410 g/mol. The van der Waals surface area contributed by atoms with Gasteiger partial charge in [-0.15, -0.1) is 0 Å². The average molecular weight is 410 g/mol. The standard InChI is InChI=1S/C24H26O6/c1-4-14-6-5-7-16(12(14)2)23(29)21-13(3)17-8-15(20(28)11-26)9-19(27)22(17)24(30)18(21)10-25/h5-7,10,15,19,26-27,30H,4,8-9,11H2,1-3H3. The van der Waals surface area contributed by atoms with Crippen LogP contribution in [0.4, 0.5) is 0 Å². The second-order valence-corrected chi connectivity index (χ2v) is 7.82. The predicted molar refractivity (Wildman–Crippen MR) is 111 cm³/mol. The van der Waals surface area contributed by atoms with Crippen molar-refractivity contribution in [2.75, 3.05) is 6.61 Å². The summed E-state index contributed by atoms with van der Waals surface area (Å²) in [5, 5.41) is 30.6. The molecule has 0 bridgehead atoms. The Balaban J connectivity index is 2.24. The third kappa shape index (κ3) is 3.46. The number of aliphatic hydroxyl groups excluding tert-OH is 2. The number of carbonyl (C=O) groups is 3. The van der Waals surface area contributed by atoms with Gasteiger partial charge in [0.15, 0.2) is 17.9 Å². The molecule has 3 N–H and O–H groups in total. The van der Waals surface area contributed by atoms with Crippen LogP contribution in [0.2, 0.25) is 0 Å². The van der Waals surface area contributed by atoms with Crippen molar-refractivity contribution in [2.24, 2.45) is 5.92 Å². The van der Waals surface area contributed by atoms with Crippen molar-refractivity contribution in [3.05, 3.63) is 62.7 Å². The smallest absolute Gasteiger partial charge is 0.194 e. The van der Waals surface area contributed by atoms with Crippen molar-refractivity contribution < 1.29 is 29.7 Å². The molecule has 0 radical (unpaired) electrons. The highest BCUT2D eigenvalue weighted by Crippen LogP contribution is 2.44. The molecule has 2 aromatic carbocycles. The molecule has 0 aromatic heterocycles. The molecule has 3 rings (SSSR count). The van der Waals surface area contributed by atoms with Gasteiger partial charge in [0.1, 0.15) is 12.4 Å². The number of aldehydes is 1. The van der Waals surface area contributed by atoms with E-state index >= 15 is 0 Å². The van der Waals surface area contributed by atoms with Crippen LogP contribution in [0.1, 0.15) is 73.5 Å². The van der Waals surface area contributed by atoms with Crippen LogP contribution in [0.15, 0.2) is 18.2 Å². The molecular formula is C24H26O6. The zero-order valence-electron chi connectivity index (χ0n) is 17.4. The van der Waals surface area contributed by atoms with Crippen molar-refractivity contribution in [1.29, 1.82) is 0 Å². The Morgan fingerprint density at radius 3 is 2.50 bits per heavy atom. The SMILES string of the molecule is CCc1cccc(C(=O)c2c(C)c3c(c(O)c2C=O)C(O)CC(C(=O)CO)C3)c1C. The number of Topliss-reactive ketones (excluding diaryl/α,β-unsaturated/α-hetero) is 1. The molecule has 0 saturated carbocycles. The predicted octanol–water partition coefficient (Wildman–Crippen LogP) is 2.77. The maximum absolute atomic E-state index is 13.5. The van der Waals surface area contributed by atoms with Gasteiger partial charge >= 0.3 is 0 Å². The largest absolute Gasteiger partial charge is 0.507 e. The minimum atomic E-state index is -1.17. The number of aryl methyl sites for hydroxylation is 1. The summed E-state index contributed by atoms with van der Waals surface area (Å²) < 4.78 is 0. The Bertz CT molecular complexity index is 1040. The normalized spacial score (nSPS) is 18.0. The number of hydrogen-bond acceptors (Lipinski definition) is 6. The molecule has 0 saturated heterocycles. The first-order chi connectivity index (χ1) is 14.3. The first-order valence-electron chi connectivity index (χ1n) is 10.0. The second kappa shape index (κ2) is 8.50. The number of aliphatic hydroxyl groups is 2. The molecule has 1 aliphatic carbocycles. The number of hydrogen-bond donors (Lipinski definition) is 3. The Morgan fingerprint density at radius 1 is 1.20 bits per heavy atom. The van der Waals surface area contributed by atoms with E-state index in [4.69, 9.17) is 0 Å². The lowest BCUT2D eigenvalue weighted by Gasteiger charge is -2.31. The first kappa shape index (κ1) is 21.9. The van der Waals surface area contributed by atoms with Crippen molar-refractivity contribution in [1.82, 2.24) is 0 Å². The number of phenols is 1. The van der Waals surface area contributed by atoms with Gasteiger partial charge in [0, 0.05) is 22.6 Å². The molecule has 0 amide bonds. The summed E-state index contributed by atoms with van der Waals surface area (Å²) >= 11 is 0. The molecule has 158 valence electrons. The lowest BCUT2D eigenvalue weighted by Crippen LogP contribution is -2.29. The molecular weight excluding hydrogens is 384 g/mol. The maximum Gasteiger partial charge on any atom is 0.194 e. The van der Waals surface area contributed by atoms with Crippen LogP contribution in [-0.2, 0) is 17.6 Å². The lowest BCUT2D eigenvalue weighted by molar-refractivity contribution is -0.127. The van der Waals surface area contributed by atoms with E-state index in [2.05, 4.69) is 0 Å². The molecule has 1 aliphatic rings. The number of benzene rings is 2. The highest BCUT2D eigenvalue weighted by atomic mass is 16.3.